The van der Waals surface area contributed by atoms with E-state index in [1.807, 2.05) is 0 Å². The molecule has 1 aliphatic rings. The Kier molecular flexibility index (Phi) is 4.62. The zero-order valence-corrected chi connectivity index (χ0v) is 12.3. The molecule has 0 spiro atoms. The van der Waals surface area contributed by atoms with Gasteiger partial charge in [0.25, 0.3) is 0 Å². The Balaban J connectivity index is 2.36. The maximum Gasteiger partial charge on any atom is 0.244 e. The smallest absolute Gasteiger partial charge is 0.244 e. The summed E-state index contributed by atoms with van der Waals surface area (Å²) in [6.07, 6.45) is 1.24. The van der Waals surface area contributed by atoms with Crippen molar-refractivity contribution in [3.8, 4) is 0 Å². The van der Waals surface area contributed by atoms with Gasteiger partial charge in [-0.15, -0.1) is 0 Å². The summed E-state index contributed by atoms with van der Waals surface area (Å²) in [5.41, 5.74) is -1.50. The molecule has 8 heteroatoms. The van der Waals surface area contributed by atoms with Crippen LogP contribution in [0.3, 0.4) is 0 Å². The number of benzene rings is 1. The fourth-order valence-corrected chi connectivity index (χ4v) is 3.85. The molecule has 1 heterocycles. The molecule has 0 aromatic heterocycles. The quantitative estimate of drug-likeness (QED) is 0.876. The van der Waals surface area contributed by atoms with Crippen molar-refractivity contribution in [3.05, 3.63) is 29.3 Å². The molecule has 0 saturated carbocycles. The van der Waals surface area contributed by atoms with Gasteiger partial charge in [-0.3, -0.25) is 0 Å². The van der Waals surface area contributed by atoms with Crippen LogP contribution in [-0.4, -0.2) is 32.3 Å². The summed E-state index contributed by atoms with van der Waals surface area (Å²) in [5, 5.41) is 8.95. The molecular weight excluding hydrogens is 304 g/mol. The summed E-state index contributed by atoms with van der Waals surface area (Å²) < 4.78 is 59.6. The average molecular weight is 321 g/mol. The molecule has 1 saturated heterocycles. The van der Waals surface area contributed by atoms with Gasteiger partial charge in [0.05, 0.1) is 24.3 Å². The van der Waals surface area contributed by atoms with Crippen LogP contribution in [0.2, 0.25) is 0 Å². The lowest BCUT2D eigenvalue weighted by atomic mass is 9.97. The highest BCUT2D eigenvalue weighted by Gasteiger charge is 2.34. The molecule has 2 rings (SSSR count). The number of halogens is 2. The van der Waals surface area contributed by atoms with Crippen LogP contribution in [0.15, 0.2) is 17.0 Å². The van der Waals surface area contributed by atoms with Crippen molar-refractivity contribution in [1.82, 2.24) is 4.72 Å². The number of rotatable bonds is 4. The molecule has 0 radical (unpaired) electrons. The number of ether oxygens (including phenoxy) is 1. The van der Waals surface area contributed by atoms with Gasteiger partial charge >= 0.3 is 0 Å². The first-order valence-corrected chi connectivity index (χ1v) is 7.97. The Labute approximate surface area is 122 Å². The van der Waals surface area contributed by atoms with Crippen LogP contribution in [0.25, 0.3) is 0 Å². The molecule has 118 valence electrons. The minimum absolute atomic E-state index is 0.182. The fourth-order valence-electron chi connectivity index (χ4n) is 2.32. The van der Waals surface area contributed by atoms with E-state index in [-0.39, 0.29) is 6.61 Å². The van der Waals surface area contributed by atoms with Crippen LogP contribution < -0.4 is 4.72 Å². The van der Waals surface area contributed by atoms with Crippen molar-refractivity contribution in [2.75, 3.05) is 13.2 Å². The first-order chi connectivity index (χ1) is 9.79. The molecule has 1 aliphatic heterocycles. The molecule has 0 amide bonds. The highest BCUT2D eigenvalue weighted by molar-refractivity contribution is 7.89. The van der Waals surface area contributed by atoms with Gasteiger partial charge in [0.15, 0.2) is 5.82 Å². The van der Waals surface area contributed by atoms with Crippen molar-refractivity contribution < 1.29 is 27.0 Å². The van der Waals surface area contributed by atoms with Gasteiger partial charge < -0.3 is 9.84 Å². The molecule has 1 aromatic rings. The first-order valence-electron chi connectivity index (χ1n) is 6.48. The largest absolute Gasteiger partial charge is 0.391 e. The monoisotopic (exact) mass is 321 g/mol. The Morgan fingerprint density at radius 3 is 2.71 bits per heavy atom. The SMILES string of the molecule is CC1(NS(=O)(=O)c2ccc(F)c(CO)c2F)CCCOC1. The Morgan fingerprint density at radius 2 is 2.14 bits per heavy atom. The summed E-state index contributed by atoms with van der Waals surface area (Å²) in [7, 11) is -4.18. The second-order valence-electron chi connectivity index (χ2n) is 5.32. The Hall–Kier alpha value is -1.09. The third kappa shape index (κ3) is 3.39. The number of aliphatic hydroxyl groups is 1. The van der Waals surface area contributed by atoms with E-state index in [4.69, 9.17) is 9.84 Å². The van der Waals surface area contributed by atoms with Gasteiger partial charge in [0.2, 0.25) is 10.0 Å². The molecule has 5 nitrogen and oxygen atoms in total. The van der Waals surface area contributed by atoms with Crippen LogP contribution in [-0.2, 0) is 21.4 Å². The van der Waals surface area contributed by atoms with Gasteiger partial charge in [0.1, 0.15) is 10.7 Å². The van der Waals surface area contributed by atoms with Gasteiger partial charge in [-0.2, -0.15) is 0 Å². The van der Waals surface area contributed by atoms with E-state index in [9.17, 15) is 17.2 Å². The number of hydrogen-bond acceptors (Lipinski definition) is 4. The predicted octanol–water partition coefficient (Wildman–Crippen LogP) is 1.30. The van der Waals surface area contributed by atoms with Crippen molar-refractivity contribution in [2.24, 2.45) is 0 Å². The van der Waals surface area contributed by atoms with E-state index in [1.165, 1.54) is 0 Å². The van der Waals surface area contributed by atoms with E-state index in [0.29, 0.717) is 19.4 Å². The molecule has 1 aromatic carbocycles. The number of sulfonamides is 1. The zero-order chi connectivity index (χ0) is 15.7. The van der Waals surface area contributed by atoms with Crippen LogP contribution in [0.4, 0.5) is 8.78 Å². The second-order valence-corrected chi connectivity index (χ2v) is 6.97. The van der Waals surface area contributed by atoms with E-state index >= 15 is 0 Å². The van der Waals surface area contributed by atoms with E-state index < -0.39 is 44.3 Å². The van der Waals surface area contributed by atoms with Crippen LogP contribution in [0.5, 0.6) is 0 Å². The third-order valence-corrected chi connectivity index (χ3v) is 5.07. The van der Waals surface area contributed by atoms with Crippen LogP contribution in [0.1, 0.15) is 25.3 Å². The molecule has 2 N–H and O–H groups in total. The van der Waals surface area contributed by atoms with Crippen molar-refractivity contribution in [3.63, 3.8) is 0 Å². The topological polar surface area (TPSA) is 75.6 Å². The van der Waals surface area contributed by atoms with Crippen LogP contribution >= 0.6 is 0 Å². The van der Waals surface area contributed by atoms with Gasteiger partial charge in [-0.1, -0.05) is 0 Å². The minimum Gasteiger partial charge on any atom is -0.391 e. The molecular formula is C13H17F2NO4S. The normalized spacial score (nSPS) is 23.2. The van der Waals surface area contributed by atoms with E-state index in [2.05, 4.69) is 4.72 Å². The lowest BCUT2D eigenvalue weighted by Crippen LogP contribution is -2.51. The molecule has 1 atom stereocenters. The van der Waals surface area contributed by atoms with Gasteiger partial charge in [-0.05, 0) is 31.9 Å². The summed E-state index contributed by atoms with van der Waals surface area (Å²) >= 11 is 0. The summed E-state index contributed by atoms with van der Waals surface area (Å²) in [5.74, 6) is -2.26. The molecule has 1 fully saturated rings. The number of hydrogen-bond donors (Lipinski definition) is 2. The standard InChI is InChI=1S/C13H17F2NO4S/c1-13(5-2-6-20-8-13)16-21(18,19)11-4-3-10(14)9(7-17)12(11)15/h3-4,16-17H,2,5-8H2,1H3. The Morgan fingerprint density at radius 1 is 1.43 bits per heavy atom. The summed E-state index contributed by atoms with van der Waals surface area (Å²) in [6.45, 7) is 1.48. The molecule has 0 bridgehead atoms. The van der Waals surface area contributed by atoms with Gasteiger partial charge in [-0.25, -0.2) is 21.9 Å². The maximum absolute atomic E-state index is 14.1. The highest BCUT2D eigenvalue weighted by Crippen LogP contribution is 2.25. The second kappa shape index (κ2) is 5.96. The van der Waals surface area contributed by atoms with Gasteiger partial charge in [0, 0.05) is 6.61 Å². The van der Waals surface area contributed by atoms with Crippen LogP contribution in [0, 0.1) is 11.6 Å². The third-order valence-electron chi connectivity index (χ3n) is 3.42. The zero-order valence-electron chi connectivity index (χ0n) is 11.5. The summed E-state index contributed by atoms with van der Waals surface area (Å²) in [4.78, 5) is -0.681. The van der Waals surface area contributed by atoms with Crippen molar-refractivity contribution >= 4 is 10.0 Å². The fraction of sp³-hybridized carbons (Fsp3) is 0.538. The lowest BCUT2D eigenvalue weighted by molar-refractivity contribution is 0.0386. The summed E-state index contributed by atoms with van der Waals surface area (Å²) in [6, 6.07) is 1.67. The predicted molar refractivity (Wildman–Crippen MR) is 71.1 cm³/mol. The molecule has 1 unspecified atom stereocenters. The number of nitrogens with one attached hydrogen (secondary N) is 1. The van der Waals surface area contributed by atoms with E-state index in [0.717, 1.165) is 12.1 Å². The lowest BCUT2D eigenvalue weighted by Gasteiger charge is -2.33. The highest BCUT2D eigenvalue weighted by atomic mass is 32.2. The molecule has 0 aliphatic carbocycles. The van der Waals surface area contributed by atoms with Crippen molar-refractivity contribution in [2.45, 2.75) is 36.8 Å². The van der Waals surface area contributed by atoms with Crippen molar-refractivity contribution in [1.29, 1.82) is 0 Å². The number of aliphatic hydroxyl groups excluding tert-OH is 1. The Bertz CT molecular complexity index is 627. The average Bonchev–Trinajstić information content (AvgIpc) is 2.38. The first kappa shape index (κ1) is 16.3. The van der Waals surface area contributed by atoms with E-state index in [1.54, 1.807) is 6.92 Å². The maximum atomic E-state index is 14.1. The molecule has 21 heavy (non-hydrogen) atoms. The minimum atomic E-state index is -4.18.